The molecule has 0 aliphatic carbocycles. The van der Waals surface area contributed by atoms with Gasteiger partial charge in [0.05, 0.1) is 22.5 Å². The zero-order valence-electron chi connectivity index (χ0n) is 17.3. The van der Waals surface area contributed by atoms with E-state index in [0.717, 1.165) is 12.1 Å². The van der Waals surface area contributed by atoms with Gasteiger partial charge in [0.25, 0.3) is 0 Å². The molecule has 2 aromatic rings. The van der Waals surface area contributed by atoms with Gasteiger partial charge >= 0.3 is 0 Å². The van der Waals surface area contributed by atoms with Gasteiger partial charge in [0.2, 0.25) is 5.91 Å². The molecule has 4 atom stereocenters. The van der Waals surface area contributed by atoms with Gasteiger partial charge in [-0.05, 0) is 43.5 Å². The second kappa shape index (κ2) is 8.64. The predicted molar refractivity (Wildman–Crippen MR) is 113 cm³/mol. The summed E-state index contributed by atoms with van der Waals surface area (Å²) in [5.74, 6) is -2.79. The summed E-state index contributed by atoms with van der Waals surface area (Å²) in [4.78, 5) is 11.7. The van der Waals surface area contributed by atoms with Crippen molar-refractivity contribution in [2.75, 3.05) is 13.2 Å². The first-order valence-corrected chi connectivity index (χ1v) is 11.5. The molecule has 1 heterocycles. The van der Waals surface area contributed by atoms with E-state index in [-0.39, 0.29) is 24.1 Å². The molecule has 0 spiro atoms. The Balaban J connectivity index is 1.97. The Morgan fingerprint density at radius 3 is 2.45 bits per heavy atom. The number of amides is 1. The summed E-state index contributed by atoms with van der Waals surface area (Å²) < 4.78 is 56.4. The van der Waals surface area contributed by atoms with Crippen LogP contribution in [0.3, 0.4) is 0 Å². The molecular formula is C22H26F2N2O4S. The van der Waals surface area contributed by atoms with Gasteiger partial charge in [-0.1, -0.05) is 30.3 Å². The maximum absolute atomic E-state index is 14.9. The lowest BCUT2D eigenvalue weighted by Crippen LogP contribution is -2.53. The highest BCUT2D eigenvalue weighted by molar-refractivity contribution is 7.92. The Bertz CT molecular complexity index is 1080. The number of aliphatic hydroxyl groups is 1. The first-order valence-electron chi connectivity index (χ1n) is 9.92. The number of aliphatic hydroxyl groups excluding tert-OH is 1. The van der Waals surface area contributed by atoms with Crippen LogP contribution in [0.4, 0.5) is 8.78 Å². The first kappa shape index (κ1) is 23.3. The van der Waals surface area contributed by atoms with Gasteiger partial charge in [0.1, 0.15) is 11.6 Å². The van der Waals surface area contributed by atoms with Gasteiger partial charge < -0.3 is 16.2 Å². The van der Waals surface area contributed by atoms with E-state index in [2.05, 4.69) is 5.32 Å². The first-order chi connectivity index (χ1) is 14.5. The number of sulfone groups is 1. The van der Waals surface area contributed by atoms with Crippen LogP contribution >= 0.6 is 0 Å². The van der Waals surface area contributed by atoms with E-state index in [1.165, 1.54) is 6.92 Å². The van der Waals surface area contributed by atoms with Crippen LogP contribution in [-0.2, 0) is 26.5 Å². The second-order valence-electron chi connectivity index (χ2n) is 8.21. The largest absolute Gasteiger partial charge is 0.395 e. The molecule has 1 unspecified atom stereocenters. The molecule has 0 radical (unpaired) electrons. The van der Waals surface area contributed by atoms with Gasteiger partial charge in [-0.25, -0.2) is 17.2 Å². The van der Waals surface area contributed by atoms with E-state index in [1.54, 1.807) is 37.3 Å². The minimum atomic E-state index is -3.72. The fourth-order valence-corrected chi connectivity index (χ4v) is 6.35. The molecule has 2 aromatic carbocycles. The van der Waals surface area contributed by atoms with Crippen LogP contribution in [0.5, 0.6) is 0 Å². The third kappa shape index (κ3) is 4.22. The lowest BCUT2D eigenvalue weighted by atomic mass is 9.81. The summed E-state index contributed by atoms with van der Waals surface area (Å²) in [5.41, 5.74) is 3.61. The topological polar surface area (TPSA) is 109 Å². The average Bonchev–Trinajstić information content (AvgIpc) is 2.72. The number of hydrogen-bond donors (Lipinski definition) is 3. The summed E-state index contributed by atoms with van der Waals surface area (Å²) in [6.07, 6.45) is -0.241. The van der Waals surface area contributed by atoms with E-state index < -0.39 is 55.9 Å². The predicted octanol–water partition coefficient (Wildman–Crippen LogP) is 1.76. The summed E-state index contributed by atoms with van der Waals surface area (Å²) in [5, 5.41) is 10.9. The molecule has 3 rings (SSSR count). The molecule has 1 aliphatic rings. The normalized spacial score (nSPS) is 25.0. The number of nitrogens with two attached hydrogens (primary N) is 1. The van der Waals surface area contributed by atoms with Crippen LogP contribution in [-0.4, -0.2) is 43.9 Å². The summed E-state index contributed by atoms with van der Waals surface area (Å²) >= 11 is 0. The number of primary amides is 1. The maximum atomic E-state index is 14.9. The molecule has 0 saturated carbocycles. The SMILES string of the molecule is C[C@@H]1NC[C@@H](c2ccccc2)S(=O)(=O)C1Cc1cc(F)c([C@](C)(CO)C(N)=O)cc1F. The fourth-order valence-electron chi connectivity index (χ4n) is 3.98. The minimum absolute atomic E-state index is 0.123. The van der Waals surface area contributed by atoms with Gasteiger partial charge in [-0.3, -0.25) is 4.79 Å². The summed E-state index contributed by atoms with van der Waals surface area (Å²) in [6.45, 7) is 2.35. The van der Waals surface area contributed by atoms with Crippen molar-refractivity contribution in [3.63, 3.8) is 0 Å². The Morgan fingerprint density at radius 2 is 1.87 bits per heavy atom. The van der Waals surface area contributed by atoms with Crippen molar-refractivity contribution in [1.29, 1.82) is 0 Å². The average molecular weight is 453 g/mol. The lowest BCUT2D eigenvalue weighted by molar-refractivity contribution is -0.124. The zero-order chi connectivity index (χ0) is 23.0. The number of carbonyl (C=O) groups is 1. The quantitative estimate of drug-likeness (QED) is 0.619. The third-order valence-electron chi connectivity index (χ3n) is 6.18. The molecule has 31 heavy (non-hydrogen) atoms. The van der Waals surface area contributed by atoms with Crippen LogP contribution < -0.4 is 11.1 Å². The Kier molecular flexibility index (Phi) is 6.50. The van der Waals surface area contributed by atoms with Gasteiger partial charge in [0.15, 0.2) is 9.84 Å². The standard InChI is InChI=1S/C22H26F2N2O4S/c1-13-19(31(29,30)20(11-26-13)14-6-4-3-5-7-14)9-15-8-18(24)16(10-17(15)23)22(2,12-27)21(25)28/h3-8,10,13,19-20,26-27H,9,11-12H2,1-2H3,(H2,25,28)/t13-,19?,20-,22-/m0/s1. The van der Waals surface area contributed by atoms with Crippen LogP contribution in [0, 0.1) is 11.6 Å². The fraction of sp³-hybridized carbons (Fsp3) is 0.409. The number of hydrogen-bond acceptors (Lipinski definition) is 5. The van der Waals surface area contributed by atoms with Crippen molar-refractivity contribution in [1.82, 2.24) is 5.32 Å². The number of rotatable bonds is 6. The number of carbonyl (C=O) groups excluding carboxylic acids is 1. The molecule has 1 fully saturated rings. The second-order valence-corrected chi connectivity index (χ2v) is 10.6. The molecule has 4 N–H and O–H groups in total. The Labute approximate surface area is 180 Å². The molecule has 1 amide bonds. The van der Waals surface area contributed by atoms with Gasteiger partial charge in [-0.2, -0.15) is 0 Å². The molecular weight excluding hydrogens is 426 g/mol. The van der Waals surface area contributed by atoms with Crippen molar-refractivity contribution in [3.05, 3.63) is 70.8 Å². The smallest absolute Gasteiger partial charge is 0.230 e. The highest BCUT2D eigenvalue weighted by Gasteiger charge is 2.43. The van der Waals surface area contributed by atoms with Crippen molar-refractivity contribution < 1.29 is 27.1 Å². The molecule has 6 nitrogen and oxygen atoms in total. The van der Waals surface area contributed by atoms with Gasteiger partial charge in [-0.15, -0.1) is 0 Å². The van der Waals surface area contributed by atoms with Crippen molar-refractivity contribution in [2.45, 2.75) is 42.2 Å². The van der Waals surface area contributed by atoms with Crippen LogP contribution in [0.15, 0.2) is 42.5 Å². The highest BCUT2D eigenvalue weighted by Crippen LogP contribution is 2.34. The van der Waals surface area contributed by atoms with Crippen LogP contribution in [0.2, 0.25) is 0 Å². The van der Waals surface area contributed by atoms with E-state index >= 15 is 0 Å². The Hall–Kier alpha value is -2.36. The van der Waals surface area contributed by atoms with Gasteiger partial charge in [0, 0.05) is 18.2 Å². The van der Waals surface area contributed by atoms with Crippen LogP contribution in [0.1, 0.15) is 35.8 Å². The zero-order valence-corrected chi connectivity index (χ0v) is 18.1. The highest BCUT2D eigenvalue weighted by atomic mass is 32.2. The van der Waals surface area contributed by atoms with Crippen molar-refractivity contribution in [2.24, 2.45) is 5.73 Å². The van der Waals surface area contributed by atoms with E-state index in [1.807, 2.05) is 0 Å². The number of nitrogens with one attached hydrogen (secondary N) is 1. The number of benzene rings is 2. The monoisotopic (exact) mass is 452 g/mol. The molecule has 9 heteroatoms. The molecule has 1 saturated heterocycles. The molecule has 0 bridgehead atoms. The Morgan fingerprint density at radius 1 is 1.23 bits per heavy atom. The van der Waals surface area contributed by atoms with Crippen molar-refractivity contribution in [3.8, 4) is 0 Å². The maximum Gasteiger partial charge on any atom is 0.230 e. The van der Waals surface area contributed by atoms with E-state index in [9.17, 15) is 27.1 Å². The summed E-state index contributed by atoms with van der Waals surface area (Å²) in [7, 11) is -3.72. The van der Waals surface area contributed by atoms with Crippen molar-refractivity contribution >= 4 is 15.7 Å². The summed E-state index contributed by atoms with van der Waals surface area (Å²) in [6, 6.07) is 9.98. The third-order valence-corrected chi connectivity index (χ3v) is 8.84. The molecule has 0 aromatic heterocycles. The number of halogens is 2. The van der Waals surface area contributed by atoms with E-state index in [4.69, 9.17) is 5.73 Å². The molecule has 168 valence electrons. The minimum Gasteiger partial charge on any atom is -0.395 e. The van der Waals surface area contributed by atoms with Crippen LogP contribution in [0.25, 0.3) is 0 Å². The lowest BCUT2D eigenvalue weighted by Gasteiger charge is -2.35. The molecule has 1 aliphatic heterocycles. The van der Waals surface area contributed by atoms with E-state index in [0.29, 0.717) is 5.56 Å².